The molecule has 1 aromatic heterocycles. The molecule has 0 aliphatic rings. The van der Waals surface area contributed by atoms with Crippen molar-refractivity contribution in [1.82, 2.24) is 10.3 Å². The summed E-state index contributed by atoms with van der Waals surface area (Å²) in [7, 11) is 0. The largest absolute Gasteiger partial charge is 0.310 e. The fourth-order valence-corrected chi connectivity index (χ4v) is 2.38. The molecule has 86 valence electrons. The van der Waals surface area contributed by atoms with E-state index in [9.17, 15) is 0 Å². The highest BCUT2D eigenvalue weighted by Gasteiger charge is 2.17. The van der Waals surface area contributed by atoms with E-state index in [1.165, 1.54) is 10.7 Å². The summed E-state index contributed by atoms with van der Waals surface area (Å²) >= 11 is 3.63. The maximum Gasteiger partial charge on any atom is 0.0982 e. The van der Waals surface area contributed by atoms with E-state index in [-0.39, 0.29) is 5.41 Å². The van der Waals surface area contributed by atoms with Crippen molar-refractivity contribution in [3.8, 4) is 0 Å². The maximum atomic E-state index is 4.63. The molecular weight excluding hydrogens is 224 g/mol. The van der Waals surface area contributed by atoms with Gasteiger partial charge in [0.1, 0.15) is 0 Å². The second-order valence-electron chi connectivity index (χ2n) is 4.56. The van der Waals surface area contributed by atoms with Gasteiger partial charge in [0.2, 0.25) is 0 Å². The smallest absolute Gasteiger partial charge is 0.0982 e. The first kappa shape index (κ1) is 13.0. The normalized spacial score (nSPS) is 12.0. The zero-order valence-electron chi connectivity index (χ0n) is 9.96. The summed E-state index contributed by atoms with van der Waals surface area (Å²) in [5.74, 6) is 1.16. The molecule has 4 heteroatoms. The van der Waals surface area contributed by atoms with E-state index in [0.717, 1.165) is 18.8 Å². The summed E-state index contributed by atoms with van der Waals surface area (Å²) in [5, 5.41) is 6.78. The van der Waals surface area contributed by atoms with Gasteiger partial charge in [-0.1, -0.05) is 20.8 Å². The van der Waals surface area contributed by atoms with Crippen LogP contribution in [0.3, 0.4) is 0 Å². The van der Waals surface area contributed by atoms with Crippen LogP contribution in [0.5, 0.6) is 0 Å². The summed E-state index contributed by atoms with van der Waals surface area (Å²) < 4.78 is 0. The predicted molar refractivity (Wildman–Crippen MR) is 70.9 cm³/mol. The van der Waals surface area contributed by atoms with Crippen molar-refractivity contribution < 1.29 is 0 Å². The highest BCUT2D eigenvalue weighted by Crippen LogP contribution is 2.25. The Kier molecular flexibility index (Phi) is 5.09. The van der Waals surface area contributed by atoms with E-state index in [4.69, 9.17) is 0 Å². The van der Waals surface area contributed by atoms with Crippen LogP contribution in [0.15, 0.2) is 5.38 Å². The Morgan fingerprint density at radius 1 is 1.47 bits per heavy atom. The first-order chi connectivity index (χ1) is 7.04. The van der Waals surface area contributed by atoms with E-state index in [0.29, 0.717) is 0 Å². The number of thiazole rings is 1. The fraction of sp³-hybridized carbons (Fsp3) is 0.727. The van der Waals surface area contributed by atoms with Gasteiger partial charge in [-0.05, 0) is 6.26 Å². The highest BCUT2D eigenvalue weighted by molar-refractivity contribution is 7.98. The van der Waals surface area contributed by atoms with Crippen LogP contribution in [0.25, 0.3) is 0 Å². The average molecular weight is 244 g/mol. The third-order valence-corrected chi connectivity index (χ3v) is 3.91. The Morgan fingerprint density at radius 2 is 2.20 bits per heavy atom. The Morgan fingerprint density at radius 3 is 2.73 bits per heavy atom. The molecule has 0 saturated carbocycles. The number of hydrogen-bond donors (Lipinski definition) is 1. The minimum absolute atomic E-state index is 0.183. The minimum atomic E-state index is 0.183. The van der Waals surface area contributed by atoms with E-state index < -0.39 is 0 Å². The molecule has 1 rings (SSSR count). The van der Waals surface area contributed by atoms with Gasteiger partial charge in [-0.2, -0.15) is 11.8 Å². The molecule has 0 saturated heterocycles. The zero-order valence-corrected chi connectivity index (χ0v) is 11.6. The maximum absolute atomic E-state index is 4.63. The van der Waals surface area contributed by atoms with Crippen molar-refractivity contribution >= 4 is 23.1 Å². The molecule has 0 aliphatic carbocycles. The molecule has 0 fully saturated rings. The Hall–Kier alpha value is -0.0600. The van der Waals surface area contributed by atoms with Crippen molar-refractivity contribution in [1.29, 1.82) is 0 Å². The number of hydrogen-bond acceptors (Lipinski definition) is 4. The molecule has 0 aliphatic heterocycles. The molecule has 1 heterocycles. The van der Waals surface area contributed by atoms with Gasteiger partial charge in [-0.3, -0.25) is 0 Å². The molecular formula is C11H20N2S2. The lowest BCUT2D eigenvalue weighted by Gasteiger charge is -2.13. The van der Waals surface area contributed by atoms with Crippen LogP contribution in [-0.2, 0) is 12.0 Å². The molecule has 1 aromatic rings. The molecule has 0 aromatic carbocycles. The van der Waals surface area contributed by atoms with Crippen LogP contribution in [0.4, 0.5) is 0 Å². The summed E-state index contributed by atoms with van der Waals surface area (Å²) in [6.07, 6.45) is 2.13. The highest BCUT2D eigenvalue weighted by atomic mass is 32.2. The molecule has 0 bridgehead atoms. The Bertz CT molecular complexity index is 289. The predicted octanol–water partition coefficient (Wildman–Crippen LogP) is 2.89. The van der Waals surface area contributed by atoms with Crippen LogP contribution in [0, 0.1) is 0 Å². The van der Waals surface area contributed by atoms with Crippen molar-refractivity contribution in [3.05, 3.63) is 16.1 Å². The summed E-state index contributed by atoms with van der Waals surface area (Å²) in [4.78, 5) is 4.63. The Balaban J connectivity index is 2.40. The van der Waals surface area contributed by atoms with Gasteiger partial charge >= 0.3 is 0 Å². The van der Waals surface area contributed by atoms with Crippen LogP contribution in [0.2, 0.25) is 0 Å². The lowest BCUT2D eigenvalue weighted by atomic mass is 9.98. The van der Waals surface area contributed by atoms with Gasteiger partial charge in [0, 0.05) is 29.6 Å². The van der Waals surface area contributed by atoms with Crippen molar-refractivity contribution in [2.75, 3.05) is 18.6 Å². The molecule has 0 amide bonds. The quantitative estimate of drug-likeness (QED) is 0.806. The lowest BCUT2D eigenvalue weighted by molar-refractivity contribution is 0.580. The molecule has 1 N–H and O–H groups in total. The molecule has 0 unspecified atom stereocenters. The first-order valence-electron chi connectivity index (χ1n) is 5.18. The molecule has 0 spiro atoms. The molecule has 2 nitrogen and oxygen atoms in total. The number of aromatic nitrogens is 1. The summed E-state index contributed by atoms with van der Waals surface area (Å²) in [6, 6.07) is 0. The standard InChI is InChI=1S/C11H20N2S2/c1-11(2,3)10-13-9(8-15-10)7-12-5-6-14-4/h8,12H,5-7H2,1-4H3. The minimum Gasteiger partial charge on any atom is -0.310 e. The lowest BCUT2D eigenvalue weighted by Crippen LogP contribution is -2.17. The van der Waals surface area contributed by atoms with E-state index in [2.05, 4.69) is 42.7 Å². The van der Waals surface area contributed by atoms with Crippen LogP contribution in [-0.4, -0.2) is 23.5 Å². The van der Waals surface area contributed by atoms with E-state index in [1.807, 2.05) is 11.8 Å². The fourth-order valence-electron chi connectivity index (χ4n) is 1.12. The second-order valence-corrected chi connectivity index (χ2v) is 6.41. The SMILES string of the molecule is CSCCNCc1csc(C(C)(C)C)n1. The second kappa shape index (κ2) is 5.87. The van der Waals surface area contributed by atoms with Crippen molar-refractivity contribution in [2.24, 2.45) is 0 Å². The zero-order chi connectivity index (χ0) is 11.3. The third kappa shape index (κ3) is 4.53. The number of rotatable bonds is 5. The van der Waals surface area contributed by atoms with Crippen molar-refractivity contribution in [2.45, 2.75) is 32.7 Å². The van der Waals surface area contributed by atoms with E-state index >= 15 is 0 Å². The molecule has 0 atom stereocenters. The van der Waals surface area contributed by atoms with Crippen LogP contribution < -0.4 is 5.32 Å². The number of thioether (sulfide) groups is 1. The Labute approximate surface area is 101 Å². The molecule has 15 heavy (non-hydrogen) atoms. The van der Waals surface area contributed by atoms with Gasteiger partial charge in [0.05, 0.1) is 10.7 Å². The number of nitrogens with zero attached hydrogens (tertiary/aromatic N) is 1. The van der Waals surface area contributed by atoms with Gasteiger partial charge < -0.3 is 5.32 Å². The van der Waals surface area contributed by atoms with E-state index in [1.54, 1.807) is 11.3 Å². The topological polar surface area (TPSA) is 24.9 Å². The van der Waals surface area contributed by atoms with Crippen molar-refractivity contribution in [3.63, 3.8) is 0 Å². The summed E-state index contributed by atoms with van der Waals surface area (Å²) in [6.45, 7) is 8.57. The first-order valence-corrected chi connectivity index (χ1v) is 7.46. The molecule has 0 radical (unpaired) electrons. The average Bonchev–Trinajstić information content (AvgIpc) is 2.60. The van der Waals surface area contributed by atoms with Crippen LogP contribution in [0.1, 0.15) is 31.5 Å². The van der Waals surface area contributed by atoms with Gasteiger partial charge in [0.25, 0.3) is 0 Å². The van der Waals surface area contributed by atoms with Gasteiger partial charge in [-0.15, -0.1) is 11.3 Å². The van der Waals surface area contributed by atoms with Gasteiger partial charge in [-0.25, -0.2) is 4.98 Å². The number of nitrogens with one attached hydrogen (secondary N) is 1. The summed E-state index contributed by atoms with van der Waals surface area (Å²) in [5.41, 5.74) is 1.35. The van der Waals surface area contributed by atoms with Gasteiger partial charge in [0.15, 0.2) is 0 Å². The third-order valence-electron chi connectivity index (χ3n) is 1.98. The monoisotopic (exact) mass is 244 g/mol. The van der Waals surface area contributed by atoms with Crippen LogP contribution >= 0.6 is 23.1 Å².